The first-order chi connectivity index (χ1) is 14.9. The molecule has 0 radical (unpaired) electrons. The maximum Gasteiger partial charge on any atom is 0.160 e. The molecule has 0 aliphatic rings. The molecular formula is C26H38O6. The lowest BCUT2D eigenvalue weighted by Gasteiger charge is -2.42. The molecule has 2 rings (SSSR count). The number of hydrogen-bond acceptors (Lipinski definition) is 6. The fourth-order valence-electron chi connectivity index (χ4n) is 4.29. The molecule has 0 bridgehead atoms. The highest BCUT2D eigenvalue weighted by molar-refractivity contribution is 5.44. The average molecular weight is 447 g/mol. The van der Waals surface area contributed by atoms with Gasteiger partial charge in [-0.15, -0.1) is 0 Å². The largest absolute Gasteiger partial charge is 0.493 e. The molecule has 2 aromatic carbocycles. The van der Waals surface area contributed by atoms with Crippen molar-refractivity contribution in [3.05, 3.63) is 47.5 Å². The SMILES string of the molecule is COc1ccc(C[C@H]([C@@H](Cc2ccc(OC)c(OC)c2)C(C)(C)O)C(C)(C)O)cc1OC. The van der Waals surface area contributed by atoms with Crippen molar-refractivity contribution in [1.82, 2.24) is 0 Å². The van der Waals surface area contributed by atoms with E-state index in [1.165, 1.54) is 0 Å². The third-order valence-electron chi connectivity index (χ3n) is 6.11. The molecule has 178 valence electrons. The van der Waals surface area contributed by atoms with E-state index in [9.17, 15) is 10.2 Å². The topological polar surface area (TPSA) is 77.4 Å². The van der Waals surface area contributed by atoms with Crippen molar-refractivity contribution in [3.8, 4) is 23.0 Å². The van der Waals surface area contributed by atoms with E-state index in [2.05, 4.69) is 0 Å². The van der Waals surface area contributed by atoms with Gasteiger partial charge >= 0.3 is 0 Å². The summed E-state index contributed by atoms with van der Waals surface area (Å²) in [4.78, 5) is 0. The molecule has 0 saturated heterocycles. The summed E-state index contributed by atoms with van der Waals surface area (Å²) in [6.07, 6.45) is 1.12. The summed E-state index contributed by atoms with van der Waals surface area (Å²) in [5, 5.41) is 22.3. The Morgan fingerprint density at radius 3 is 1.16 bits per heavy atom. The van der Waals surface area contributed by atoms with Gasteiger partial charge in [0.25, 0.3) is 0 Å². The van der Waals surface area contributed by atoms with Crippen LogP contribution < -0.4 is 18.9 Å². The van der Waals surface area contributed by atoms with Crippen molar-refractivity contribution in [2.45, 2.75) is 51.7 Å². The number of benzene rings is 2. The summed E-state index contributed by atoms with van der Waals surface area (Å²) >= 11 is 0. The van der Waals surface area contributed by atoms with Crippen LogP contribution in [-0.4, -0.2) is 49.9 Å². The van der Waals surface area contributed by atoms with Gasteiger partial charge in [0.2, 0.25) is 0 Å². The lowest BCUT2D eigenvalue weighted by atomic mass is 9.68. The van der Waals surface area contributed by atoms with Gasteiger partial charge in [-0.3, -0.25) is 0 Å². The van der Waals surface area contributed by atoms with Crippen LogP contribution in [0.2, 0.25) is 0 Å². The van der Waals surface area contributed by atoms with Gasteiger partial charge < -0.3 is 29.2 Å². The second-order valence-corrected chi connectivity index (χ2v) is 9.31. The van der Waals surface area contributed by atoms with E-state index in [1.54, 1.807) is 56.1 Å². The lowest BCUT2D eigenvalue weighted by Crippen LogP contribution is -2.47. The van der Waals surface area contributed by atoms with Crippen LogP contribution in [0, 0.1) is 11.8 Å². The Balaban J connectivity index is 2.44. The minimum atomic E-state index is -1.03. The van der Waals surface area contributed by atoms with Gasteiger partial charge in [0.1, 0.15) is 0 Å². The van der Waals surface area contributed by atoms with Gasteiger partial charge in [-0.1, -0.05) is 12.1 Å². The number of rotatable bonds is 11. The second kappa shape index (κ2) is 10.5. The van der Waals surface area contributed by atoms with Crippen LogP contribution in [0.15, 0.2) is 36.4 Å². The smallest absolute Gasteiger partial charge is 0.160 e. The fourth-order valence-corrected chi connectivity index (χ4v) is 4.29. The summed E-state index contributed by atoms with van der Waals surface area (Å²) in [5.74, 6) is 2.10. The number of ether oxygens (including phenoxy) is 4. The Morgan fingerprint density at radius 2 is 0.906 bits per heavy atom. The molecule has 0 aliphatic carbocycles. The molecule has 6 nitrogen and oxygen atoms in total. The normalized spacial score (nSPS) is 13.9. The zero-order chi connectivity index (χ0) is 24.1. The summed E-state index contributed by atoms with van der Waals surface area (Å²) in [6.45, 7) is 7.19. The van der Waals surface area contributed by atoms with E-state index < -0.39 is 11.2 Å². The standard InChI is InChI=1S/C26H38O6/c1-25(2,27)19(13-17-9-11-21(29-5)23(15-17)31-7)20(26(3,4)28)14-18-10-12-22(30-6)24(16-18)32-8/h9-12,15-16,19-20,27-28H,13-14H2,1-8H3/t19-,20-/m1/s1. The molecular weight excluding hydrogens is 408 g/mol. The van der Waals surface area contributed by atoms with E-state index in [1.807, 2.05) is 36.4 Å². The Bertz CT molecular complexity index is 805. The van der Waals surface area contributed by atoms with E-state index in [-0.39, 0.29) is 11.8 Å². The maximum atomic E-state index is 11.1. The number of methoxy groups -OCH3 is 4. The number of hydrogen-bond donors (Lipinski definition) is 2. The van der Waals surface area contributed by atoms with Crippen LogP contribution in [0.25, 0.3) is 0 Å². The van der Waals surface area contributed by atoms with Gasteiger partial charge in [0.15, 0.2) is 23.0 Å². The van der Waals surface area contributed by atoms with E-state index >= 15 is 0 Å². The van der Waals surface area contributed by atoms with Crippen molar-refractivity contribution in [3.63, 3.8) is 0 Å². The van der Waals surface area contributed by atoms with Crippen LogP contribution in [0.4, 0.5) is 0 Å². The van der Waals surface area contributed by atoms with Crippen molar-refractivity contribution in [2.24, 2.45) is 11.8 Å². The monoisotopic (exact) mass is 446 g/mol. The highest BCUT2D eigenvalue weighted by Gasteiger charge is 2.41. The molecule has 0 spiro atoms. The Labute approximate surface area is 192 Å². The first-order valence-corrected chi connectivity index (χ1v) is 10.8. The van der Waals surface area contributed by atoms with Gasteiger partial charge in [-0.05, 0) is 87.8 Å². The molecule has 0 heterocycles. The zero-order valence-corrected chi connectivity index (χ0v) is 20.6. The van der Waals surface area contributed by atoms with E-state index in [0.29, 0.717) is 35.8 Å². The Hall–Kier alpha value is -2.44. The third-order valence-corrected chi connectivity index (χ3v) is 6.11. The first kappa shape index (κ1) is 25.8. The molecule has 6 heteroatoms. The highest BCUT2D eigenvalue weighted by Crippen LogP contribution is 2.40. The van der Waals surface area contributed by atoms with Gasteiger partial charge in [0.05, 0.1) is 39.6 Å². The zero-order valence-electron chi connectivity index (χ0n) is 20.6. The summed E-state index contributed by atoms with van der Waals surface area (Å²) in [5.41, 5.74) is -0.0735. The predicted octanol–water partition coefficient (Wildman–Crippen LogP) is 4.28. The van der Waals surface area contributed by atoms with Gasteiger partial charge in [-0.2, -0.15) is 0 Å². The van der Waals surface area contributed by atoms with Crippen LogP contribution >= 0.6 is 0 Å². The molecule has 0 aliphatic heterocycles. The average Bonchev–Trinajstić information content (AvgIpc) is 2.74. The van der Waals surface area contributed by atoms with Crippen LogP contribution in [0.3, 0.4) is 0 Å². The van der Waals surface area contributed by atoms with Crippen molar-refractivity contribution in [2.75, 3.05) is 28.4 Å². The van der Waals surface area contributed by atoms with Crippen LogP contribution in [-0.2, 0) is 12.8 Å². The molecule has 32 heavy (non-hydrogen) atoms. The molecule has 0 aromatic heterocycles. The van der Waals surface area contributed by atoms with Crippen LogP contribution in [0.5, 0.6) is 23.0 Å². The molecule has 0 fully saturated rings. The molecule has 2 aromatic rings. The first-order valence-electron chi connectivity index (χ1n) is 10.8. The minimum absolute atomic E-state index is 0.242. The highest BCUT2D eigenvalue weighted by atomic mass is 16.5. The molecule has 2 N–H and O–H groups in total. The van der Waals surface area contributed by atoms with Crippen molar-refractivity contribution < 1.29 is 29.2 Å². The minimum Gasteiger partial charge on any atom is -0.493 e. The molecule has 2 atom stereocenters. The summed E-state index contributed by atoms with van der Waals surface area (Å²) in [6, 6.07) is 11.5. The van der Waals surface area contributed by atoms with Crippen molar-refractivity contribution in [1.29, 1.82) is 0 Å². The maximum absolute atomic E-state index is 11.1. The van der Waals surface area contributed by atoms with Crippen molar-refractivity contribution >= 4 is 0 Å². The van der Waals surface area contributed by atoms with Crippen LogP contribution in [0.1, 0.15) is 38.8 Å². The molecule has 0 saturated carbocycles. The predicted molar refractivity (Wildman–Crippen MR) is 126 cm³/mol. The molecule has 0 unspecified atom stereocenters. The molecule has 0 amide bonds. The van der Waals surface area contributed by atoms with E-state index in [4.69, 9.17) is 18.9 Å². The van der Waals surface area contributed by atoms with Gasteiger partial charge in [0, 0.05) is 0 Å². The number of aliphatic hydroxyl groups is 2. The Kier molecular flexibility index (Phi) is 8.43. The lowest BCUT2D eigenvalue weighted by molar-refractivity contribution is -0.0804. The van der Waals surface area contributed by atoms with E-state index in [0.717, 1.165) is 11.1 Å². The Morgan fingerprint density at radius 1 is 0.594 bits per heavy atom. The van der Waals surface area contributed by atoms with Gasteiger partial charge in [-0.25, -0.2) is 0 Å². The summed E-state index contributed by atoms with van der Waals surface area (Å²) in [7, 11) is 6.41. The fraction of sp³-hybridized carbons (Fsp3) is 0.538. The summed E-state index contributed by atoms with van der Waals surface area (Å²) < 4.78 is 21.6. The quantitative estimate of drug-likeness (QED) is 0.537. The third kappa shape index (κ3) is 6.30. The second-order valence-electron chi connectivity index (χ2n) is 9.31.